The van der Waals surface area contributed by atoms with Gasteiger partial charge in [0.25, 0.3) is 5.91 Å². The van der Waals surface area contributed by atoms with E-state index in [1.807, 2.05) is 13.8 Å². The Labute approximate surface area is 97.1 Å². The lowest BCUT2D eigenvalue weighted by atomic mass is 10.3. The maximum atomic E-state index is 11.5. The van der Waals surface area contributed by atoms with Crippen molar-refractivity contribution in [2.75, 3.05) is 13.2 Å². The van der Waals surface area contributed by atoms with E-state index in [0.29, 0.717) is 23.4 Å². The minimum absolute atomic E-state index is 0.164. The maximum Gasteiger partial charge on any atom is 0.255 e. The molecule has 4 nitrogen and oxygen atoms in total. The van der Waals surface area contributed by atoms with Crippen molar-refractivity contribution in [1.82, 2.24) is 5.32 Å². The molecule has 0 unspecified atom stereocenters. The molecular formula is C10H14BrNO3. The Morgan fingerprint density at radius 3 is 2.93 bits per heavy atom. The molecule has 0 spiro atoms. The monoisotopic (exact) mass is 275 g/mol. The summed E-state index contributed by atoms with van der Waals surface area (Å²) in [7, 11) is 0. The van der Waals surface area contributed by atoms with Gasteiger partial charge in [0, 0.05) is 6.54 Å². The summed E-state index contributed by atoms with van der Waals surface area (Å²) >= 11 is 3.14. The molecular weight excluding hydrogens is 262 g/mol. The molecule has 0 fully saturated rings. The van der Waals surface area contributed by atoms with Crippen LogP contribution in [0.1, 0.15) is 24.2 Å². The molecule has 5 heteroatoms. The van der Waals surface area contributed by atoms with Crippen LogP contribution in [-0.4, -0.2) is 25.2 Å². The fourth-order valence-corrected chi connectivity index (χ4v) is 1.43. The van der Waals surface area contributed by atoms with Crippen LogP contribution in [0.2, 0.25) is 0 Å². The molecule has 1 N–H and O–H groups in total. The van der Waals surface area contributed by atoms with Crippen molar-refractivity contribution in [3.63, 3.8) is 0 Å². The van der Waals surface area contributed by atoms with E-state index in [4.69, 9.17) is 9.15 Å². The number of ether oxygens (including phenoxy) is 1. The van der Waals surface area contributed by atoms with E-state index in [-0.39, 0.29) is 12.0 Å². The SMILES string of the molecule is CC(C)OCCNC(=O)c1ccoc1Br. The van der Waals surface area contributed by atoms with Gasteiger partial charge >= 0.3 is 0 Å². The van der Waals surface area contributed by atoms with Crippen LogP contribution in [0.3, 0.4) is 0 Å². The van der Waals surface area contributed by atoms with Crippen LogP contribution in [0.25, 0.3) is 0 Å². The number of furan rings is 1. The highest BCUT2D eigenvalue weighted by atomic mass is 79.9. The van der Waals surface area contributed by atoms with Gasteiger partial charge in [0.2, 0.25) is 0 Å². The first-order valence-electron chi connectivity index (χ1n) is 4.74. The number of carbonyl (C=O) groups excluding carboxylic acids is 1. The molecule has 0 atom stereocenters. The number of carbonyl (C=O) groups is 1. The van der Waals surface area contributed by atoms with E-state index in [0.717, 1.165) is 0 Å². The Balaban J connectivity index is 2.28. The van der Waals surface area contributed by atoms with Crippen molar-refractivity contribution in [1.29, 1.82) is 0 Å². The van der Waals surface area contributed by atoms with Crippen LogP contribution >= 0.6 is 15.9 Å². The summed E-state index contributed by atoms with van der Waals surface area (Å²) in [6, 6.07) is 1.61. The van der Waals surface area contributed by atoms with E-state index in [9.17, 15) is 4.79 Å². The number of nitrogens with one attached hydrogen (secondary N) is 1. The molecule has 0 aliphatic heterocycles. The van der Waals surface area contributed by atoms with Crippen molar-refractivity contribution in [3.05, 3.63) is 22.6 Å². The van der Waals surface area contributed by atoms with Crippen LogP contribution in [-0.2, 0) is 4.74 Å². The van der Waals surface area contributed by atoms with E-state index in [1.54, 1.807) is 6.07 Å². The van der Waals surface area contributed by atoms with Gasteiger partial charge in [0.1, 0.15) is 0 Å². The average molecular weight is 276 g/mol. The second kappa shape index (κ2) is 5.92. The lowest BCUT2D eigenvalue weighted by Gasteiger charge is -2.07. The van der Waals surface area contributed by atoms with E-state index in [2.05, 4.69) is 21.2 Å². The van der Waals surface area contributed by atoms with Gasteiger partial charge in [-0.25, -0.2) is 0 Å². The Bertz CT molecular complexity index is 322. The smallest absolute Gasteiger partial charge is 0.255 e. The minimum atomic E-state index is -0.164. The van der Waals surface area contributed by atoms with E-state index in [1.165, 1.54) is 6.26 Å². The number of halogens is 1. The summed E-state index contributed by atoms with van der Waals surface area (Å²) in [6.45, 7) is 4.91. The molecule has 1 rings (SSSR count). The number of amides is 1. The van der Waals surface area contributed by atoms with Crippen LogP contribution in [0.4, 0.5) is 0 Å². The van der Waals surface area contributed by atoms with Crippen molar-refractivity contribution in [2.24, 2.45) is 0 Å². The summed E-state index contributed by atoms with van der Waals surface area (Å²) in [4.78, 5) is 11.5. The highest BCUT2D eigenvalue weighted by molar-refractivity contribution is 9.10. The molecule has 0 saturated heterocycles. The number of hydrogen-bond donors (Lipinski definition) is 1. The van der Waals surface area contributed by atoms with Crippen molar-refractivity contribution in [3.8, 4) is 0 Å². The third-order valence-corrected chi connectivity index (χ3v) is 2.32. The third kappa shape index (κ3) is 4.05. The van der Waals surface area contributed by atoms with Crippen LogP contribution in [0, 0.1) is 0 Å². The fraction of sp³-hybridized carbons (Fsp3) is 0.500. The normalized spacial score (nSPS) is 10.7. The molecule has 84 valence electrons. The van der Waals surface area contributed by atoms with Crippen LogP contribution in [0.5, 0.6) is 0 Å². The molecule has 1 amide bonds. The third-order valence-electron chi connectivity index (χ3n) is 1.70. The first-order chi connectivity index (χ1) is 7.11. The Morgan fingerprint density at radius 2 is 2.40 bits per heavy atom. The maximum absolute atomic E-state index is 11.5. The molecule has 0 bridgehead atoms. The van der Waals surface area contributed by atoms with Gasteiger partial charge in [0.15, 0.2) is 4.67 Å². The Hall–Kier alpha value is -0.810. The summed E-state index contributed by atoms with van der Waals surface area (Å²) in [5.74, 6) is -0.164. The molecule has 15 heavy (non-hydrogen) atoms. The zero-order valence-corrected chi connectivity index (χ0v) is 10.3. The van der Waals surface area contributed by atoms with Gasteiger partial charge in [-0.05, 0) is 35.8 Å². The van der Waals surface area contributed by atoms with Gasteiger partial charge in [-0.1, -0.05) is 0 Å². The van der Waals surface area contributed by atoms with Gasteiger partial charge in [-0.3, -0.25) is 4.79 Å². The van der Waals surface area contributed by atoms with Crippen molar-refractivity contribution in [2.45, 2.75) is 20.0 Å². The molecule has 1 aromatic rings. The van der Waals surface area contributed by atoms with Gasteiger partial charge < -0.3 is 14.5 Å². The highest BCUT2D eigenvalue weighted by Gasteiger charge is 2.11. The second-order valence-corrected chi connectivity index (χ2v) is 4.00. The molecule has 0 aromatic carbocycles. The largest absolute Gasteiger partial charge is 0.457 e. The van der Waals surface area contributed by atoms with E-state index < -0.39 is 0 Å². The van der Waals surface area contributed by atoms with Crippen molar-refractivity contribution < 1.29 is 13.9 Å². The molecule has 0 aliphatic carbocycles. The second-order valence-electron chi connectivity index (χ2n) is 3.28. The molecule has 0 radical (unpaired) electrons. The average Bonchev–Trinajstić information content (AvgIpc) is 2.58. The summed E-state index contributed by atoms with van der Waals surface area (Å²) < 4.78 is 10.7. The molecule has 0 aliphatic rings. The fourth-order valence-electron chi connectivity index (χ4n) is 1.01. The Kier molecular flexibility index (Phi) is 4.84. The predicted octanol–water partition coefficient (Wildman–Crippen LogP) is 2.20. The standard InChI is InChI=1S/C10H14BrNO3/c1-7(2)14-6-4-12-10(13)8-3-5-15-9(8)11/h3,5,7H,4,6H2,1-2H3,(H,12,13). The zero-order chi connectivity index (χ0) is 11.3. The first kappa shape index (κ1) is 12.3. The molecule has 1 aromatic heterocycles. The molecule has 0 saturated carbocycles. The zero-order valence-electron chi connectivity index (χ0n) is 8.75. The number of rotatable bonds is 5. The van der Waals surface area contributed by atoms with Crippen LogP contribution in [0.15, 0.2) is 21.4 Å². The topological polar surface area (TPSA) is 51.5 Å². The molecule has 1 heterocycles. The first-order valence-corrected chi connectivity index (χ1v) is 5.53. The highest BCUT2D eigenvalue weighted by Crippen LogP contribution is 2.16. The summed E-state index contributed by atoms with van der Waals surface area (Å²) in [5, 5.41) is 2.73. The lowest BCUT2D eigenvalue weighted by molar-refractivity contribution is 0.0746. The number of hydrogen-bond acceptors (Lipinski definition) is 3. The lowest BCUT2D eigenvalue weighted by Crippen LogP contribution is -2.27. The quantitative estimate of drug-likeness (QED) is 0.839. The summed E-state index contributed by atoms with van der Waals surface area (Å²) in [5.41, 5.74) is 0.500. The van der Waals surface area contributed by atoms with Crippen molar-refractivity contribution >= 4 is 21.8 Å². The Morgan fingerprint density at radius 1 is 1.67 bits per heavy atom. The van der Waals surface area contributed by atoms with E-state index >= 15 is 0 Å². The predicted molar refractivity (Wildman–Crippen MR) is 59.8 cm³/mol. The minimum Gasteiger partial charge on any atom is -0.457 e. The van der Waals surface area contributed by atoms with Gasteiger partial charge in [0.05, 0.1) is 24.5 Å². The van der Waals surface area contributed by atoms with Gasteiger partial charge in [-0.15, -0.1) is 0 Å². The van der Waals surface area contributed by atoms with Gasteiger partial charge in [-0.2, -0.15) is 0 Å². The summed E-state index contributed by atoms with van der Waals surface area (Å²) in [6.07, 6.45) is 1.64. The van der Waals surface area contributed by atoms with Crippen LogP contribution < -0.4 is 5.32 Å².